The summed E-state index contributed by atoms with van der Waals surface area (Å²) in [4.78, 5) is 2.24. The molecule has 0 unspecified atom stereocenters. The van der Waals surface area contributed by atoms with E-state index >= 15 is 0 Å². The van der Waals surface area contributed by atoms with E-state index in [0.29, 0.717) is 6.54 Å². The van der Waals surface area contributed by atoms with Gasteiger partial charge in [0, 0.05) is 52.3 Å². The summed E-state index contributed by atoms with van der Waals surface area (Å²) in [6.45, 7) is 3.26. The zero-order valence-electron chi connectivity index (χ0n) is 14.6. The lowest BCUT2D eigenvalue weighted by Crippen LogP contribution is -2.36. The highest BCUT2D eigenvalue weighted by Gasteiger charge is 2.14. The zero-order chi connectivity index (χ0) is 17.2. The fourth-order valence-corrected chi connectivity index (χ4v) is 2.62. The first-order chi connectivity index (χ1) is 11.7. The fraction of sp³-hybridized carbons (Fsp3) is 0.474. The molecule has 1 aromatic heterocycles. The topological polar surface area (TPSA) is 46.9 Å². The Balaban J connectivity index is 1.84. The fourth-order valence-electron chi connectivity index (χ4n) is 2.62. The van der Waals surface area contributed by atoms with Gasteiger partial charge in [-0.15, -0.1) is 0 Å². The molecule has 0 amide bonds. The van der Waals surface area contributed by atoms with Crippen molar-refractivity contribution < 1.29 is 14.6 Å². The standard InChI is InChI=1S/C19H28N2O3/c1-20-11-6-8-17(20)14-21(12-7-13-23-2)15-18(22)16-24-19-9-4-3-5-10-19/h3-6,8-11,18,22H,7,12-16H2,1-2H3/t18-/m0/s1. The number of rotatable bonds is 11. The number of hydrogen-bond acceptors (Lipinski definition) is 4. The van der Waals surface area contributed by atoms with Gasteiger partial charge in [-0.1, -0.05) is 18.2 Å². The first kappa shape index (κ1) is 18.5. The molecule has 132 valence electrons. The Hall–Kier alpha value is -1.82. The molecule has 1 N–H and O–H groups in total. The van der Waals surface area contributed by atoms with E-state index in [1.807, 2.05) is 49.6 Å². The van der Waals surface area contributed by atoms with Gasteiger partial charge in [-0.3, -0.25) is 4.90 Å². The summed E-state index contributed by atoms with van der Waals surface area (Å²) in [7, 11) is 3.75. The van der Waals surface area contributed by atoms with Crippen LogP contribution in [0.2, 0.25) is 0 Å². The van der Waals surface area contributed by atoms with E-state index in [4.69, 9.17) is 9.47 Å². The molecule has 1 heterocycles. The van der Waals surface area contributed by atoms with Gasteiger partial charge in [-0.2, -0.15) is 0 Å². The average Bonchev–Trinajstić information content (AvgIpc) is 2.99. The Labute approximate surface area is 144 Å². The smallest absolute Gasteiger partial charge is 0.119 e. The number of methoxy groups -OCH3 is 1. The molecule has 24 heavy (non-hydrogen) atoms. The summed E-state index contributed by atoms with van der Waals surface area (Å²) in [6, 6.07) is 13.7. The van der Waals surface area contributed by atoms with Crippen molar-refractivity contribution in [3.8, 4) is 5.75 Å². The molecule has 0 saturated heterocycles. The maximum Gasteiger partial charge on any atom is 0.119 e. The quantitative estimate of drug-likeness (QED) is 0.642. The molecule has 5 heteroatoms. The second-order valence-electron chi connectivity index (χ2n) is 5.97. The largest absolute Gasteiger partial charge is 0.491 e. The summed E-state index contributed by atoms with van der Waals surface area (Å²) < 4.78 is 12.9. The van der Waals surface area contributed by atoms with Crippen molar-refractivity contribution in [1.82, 2.24) is 9.47 Å². The number of aromatic nitrogens is 1. The number of hydrogen-bond donors (Lipinski definition) is 1. The van der Waals surface area contributed by atoms with Crippen LogP contribution in [-0.2, 0) is 18.3 Å². The molecule has 0 spiro atoms. The van der Waals surface area contributed by atoms with Crippen LogP contribution in [0.25, 0.3) is 0 Å². The summed E-state index contributed by atoms with van der Waals surface area (Å²) in [6.07, 6.45) is 2.44. The average molecular weight is 332 g/mol. The molecule has 5 nitrogen and oxygen atoms in total. The molecule has 2 aromatic rings. The van der Waals surface area contributed by atoms with Crippen molar-refractivity contribution in [2.24, 2.45) is 7.05 Å². The van der Waals surface area contributed by atoms with Gasteiger partial charge in [-0.05, 0) is 30.7 Å². The van der Waals surface area contributed by atoms with Crippen LogP contribution in [0.1, 0.15) is 12.1 Å². The normalized spacial score (nSPS) is 12.5. The van der Waals surface area contributed by atoms with Crippen molar-refractivity contribution in [3.05, 3.63) is 54.4 Å². The van der Waals surface area contributed by atoms with Gasteiger partial charge in [0.1, 0.15) is 18.5 Å². The summed E-state index contributed by atoms with van der Waals surface area (Å²) in [5.41, 5.74) is 1.23. The number of benzene rings is 1. The molecule has 0 aliphatic rings. The van der Waals surface area contributed by atoms with Crippen molar-refractivity contribution in [2.75, 3.05) is 33.4 Å². The molecule has 0 aliphatic carbocycles. The second kappa shape index (κ2) is 10.1. The molecule has 1 atom stereocenters. The summed E-state index contributed by atoms with van der Waals surface area (Å²) in [5.74, 6) is 0.782. The number of aryl methyl sites for hydroxylation is 1. The zero-order valence-corrected chi connectivity index (χ0v) is 14.6. The van der Waals surface area contributed by atoms with Crippen LogP contribution in [0, 0.1) is 0 Å². The van der Waals surface area contributed by atoms with Crippen molar-refractivity contribution >= 4 is 0 Å². The highest BCUT2D eigenvalue weighted by molar-refractivity contribution is 5.20. The molecule has 2 rings (SSSR count). The number of aliphatic hydroxyl groups is 1. The van der Waals surface area contributed by atoms with E-state index in [9.17, 15) is 5.11 Å². The van der Waals surface area contributed by atoms with Crippen LogP contribution in [0.4, 0.5) is 0 Å². The van der Waals surface area contributed by atoms with Crippen LogP contribution in [-0.4, -0.2) is 54.1 Å². The van der Waals surface area contributed by atoms with Crippen LogP contribution in [0.3, 0.4) is 0 Å². The van der Waals surface area contributed by atoms with Crippen molar-refractivity contribution in [3.63, 3.8) is 0 Å². The molecule has 0 saturated carbocycles. The second-order valence-corrected chi connectivity index (χ2v) is 5.97. The summed E-state index contributed by atoms with van der Waals surface area (Å²) >= 11 is 0. The van der Waals surface area contributed by atoms with E-state index in [0.717, 1.165) is 31.9 Å². The first-order valence-corrected chi connectivity index (χ1v) is 8.36. The Kier molecular flexibility index (Phi) is 7.82. The van der Waals surface area contributed by atoms with Crippen LogP contribution < -0.4 is 4.74 Å². The molecular weight excluding hydrogens is 304 g/mol. The molecule has 0 radical (unpaired) electrons. The van der Waals surface area contributed by atoms with E-state index < -0.39 is 6.10 Å². The van der Waals surface area contributed by atoms with Gasteiger partial charge in [0.05, 0.1) is 0 Å². The van der Waals surface area contributed by atoms with E-state index in [1.54, 1.807) is 7.11 Å². The van der Waals surface area contributed by atoms with Gasteiger partial charge in [-0.25, -0.2) is 0 Å². The highest BCUT2D eigenvalue weighted by Crippen LogP contribution is 2.10. The molecule has 0 bridgehead atoms. The van der Waals surface area contributed by atoms with E-state index in [1.165, 1.54) is 5.69 Å². The maximum atomic E-state index is 10.3. The lowest BCUT2D eigenvalue weighted by Gasteiger charge is -2.25. The molecule has 1 aromatic carbocycles. The summed E-state index contributed by atoms with van der Waals surface area (Å²) in [5, 5.41) is 10.3. The van der Waals surface area contributed by atoms with Gasteiger partial charge in [0.2, 0.25) is 0 Å². The maximum absolute atomic E-state index is 10.3. The molecule has 0 aliphatic heterocycles. The number of para-hydroxylation sites is 1. The minimum absolute atomic E-state index is 0.290. The minimum Gasteiger partial charge on any atom is -0.491 e. The van der Waals surface area contributed by atoms with Gasteiger partial charge >= 0.3 is 0 Å². The van der Waals surface area contributed by atoms with Crippen LogP contribution >= 0.6 is 0 Å². The Morgan fingerprint density at radius 2 is 1.96 bits per heavy atom. The van der Waals surface area contributed by atoms with Gasteiger partial charge in [0.15, 0.2) is 0 Å². The van der Waals surface area contributed by atoms with Crippen molar-refractivity contribution in [2.45, 2.75) is 19.1 Å². The number of aliphatic hydroxyl groups excluding tert-OH is 1. The lowest BCUT2D eigenvalue weighted by molar-refractivity contribution is 0.0610. The van der Waals surface area contributed by atoms with Gasteiger partial charge in [0.25, 0.3) is 0 Å². The first-order valence-electron chi connectivity index (χ1n) is 8.36. The minimum atomic E-state index is -0.534. The van der Waals surface area contributed by atoms with Crippen LogP contribution in [0.5, 0.6) is 5.75 Å². The Bertz CT molecular complexity index is 571. The SMILES string of the molecule is COCCCN(Cc1cccn1C)C[C@H](O)COc1ccccc1. The Morgan fingerprint density at radius 1 is 1.17 bits per heavy atom. The van der Waals surface area contributed by atoms with Crippen molar-refractivity contribution in [1.29, 1.82) is 0 Å². The lowest BCUT2D eigenvalue weighted by atomic mass is 10.2. The third kappa shape index (κ3) is 6.35. The van der Waals surface area contributed by atoms with Gasteiger partial charge < -0.3 is 19.1 Å². The van der Waals surface area contributed by atoms with E-state index in [-0.39, 0.29) is 6.61 Å². The third-order valence-corrected chi connectivity index (χ3v) is 3.91. The number of nitrogens with zero attached hydrogens (tertiary/aromatic N) is 2. The van der Waals surface area contributed by atoms with E-state index in [2.05, 4.69) is 15.5 Å². The highest BCUT2D eigenvalue weighted by atomic mass is 16.5. The third-order valence-electron chi connectivity index (χ3n) is 3.91. The van der Waals surface area contributed by atoms with Crippen LogP contribution in [0.15, 0.2) is 48.7 Å². The monoisotopic (exact) mass is 332 g/mol. The predicted octanol–water partition coefficient (Wildman–Crippen LogP) is 2.30. The molecule has 0 fully saturated rings. The predicted molar refractivity (Wildman–Crippen MR) is 95.1 cm³/mol. The number of ether oxygens (including phenoxy) is 2. The molecular formula is C19H28N2O3. The Morgan fingerprint density at radius 3 is 2.62 bits per heavy atom.